The third-order valence-electron chi connectivity index (χ3n) is 3.52. The van der Waals surface area contributed by atoms with E-state index in [1.165, 1.54) is 0 Å². The van der Waals surface area contributed by atoms with Crippen molar-refractivity contribution in [1.29, 1.82) is 0 Å². The van der Waals surface area contributed by atoms with E-state index in [-0.39, 0.29) is 0 Å². The van der Waals surface area contributed by atoms with Gasteiger partial charge in [0.25, 0.3) is 0 Å². The molecule has 0 bridgehead atoms. The van der Waals surface area contributed by atoms with Gasteiger partial charge in [-0.05, 0) is 29.8 Å². The normalized spacial score (nSPS) is 10.8. The van der Waals surface area contributed by atoms with E-state index in [0.29, 0.717) is 23.1 Å². The van der Waals surface area contributed by atoms with Gasteiger partial charge in [-0.3, -0.25) is 0 Å². The van der Waals surface area contributed by atoms with Gasteiger partial charge in [0.2, 0.25) is 11.6 Å². The fourth-order valence-electron chi connectivity index (χ4n) is 2.38. The first-order valence-corrected chi connectivity index (χ1v) is 8.08. The number of halogens is 1. The van der Waals surface area contributed by atoms with E-state index in [1.807, 2.05) is 30.3 Å². The Morgan fingerprint density at radius 1 is 1.00 bits per heavy atom. The Labute approximate surface area is 142 Å². The number of rotatable bonds is 5. The lowest BCUT2D eigenvalue weighted by atomic mass is 10.2. The maximum Gasteiger partial charge on any atom is 0.227 e. The first-order valence-electron chi connectivity index (χ1n) is 6.96. The zero-order valence-corrected chi connectivity index (χ0v) is 14.6. The van der Waals surface area contributed by atoms with Gasteiger partial charge in [0.05, 0.1) is 21.3 Å². The molecule has 0 aliphatic carbocycles. The van der Waals surface area contributed by atoms with Crippen molar-refractivity contribution in [3.05, 3.63) is 35.9 Å². The highest BCUT2D eigenvalue weighted by atomic mass is 79.9. The first-order chi connectivity index (χ1) is 11.2. The molecule has 3 aromatic rings. The van der Waals surface area contributed by atoms with Crippen molar-refractivity contribution >= 4 is 27.0 Å². The topological polar surface area (TPSA) is 53.7 Å². The molecule has 0 unspecified atom stereocenters. The van der Waals surface area contributed by atoms with E-state index in [9.17, 15) is 0 Å². The Morgan fingerprint density at radius 3 is 2.26 bits per heavy atom. The minimum atomic E-state index is 0.506. The smallest absolute Gasteiger partial charge is 0.227 e. The van der Waals surface area contributed by atoms with Crippen molar-refractivity contribution in [1.82, 2.24) is 4.98 Å². The Morgan fingerprint density at radius 2 is 1.70 bits per heavy atom. The summed E-state index contributed by atoms with van der Waals surface area (Å²) in [5.74, 6) is 2.16. The minimum Gasteiger partial charge on any atom is -0.493 e. The van der Waals surface area contributed by atoms with Crippen LogP contribution in [0.5, 0.6) is 17.2 Å². The lowest BCUT2D eigenvalue weighted by molar-refractivity contribution is 0.324. The van der Waals surface area contributed by atoms with E-state index in [0.717, 1.165) is 27.6 Å². The predicted octanol–water partition coefficient (Wildman–Crippen LogP) is 4.42. The molecule has 0 saturated carbocycles. The Bertz CT molecular complexity index is 819. The molecule has 0 aliphatic heterocycles. The lowest BCUT2D eigenvalue weighted by Gasteiger charge is -2.12. The van der Waals surface area contributed by atoms with E-state index < -0.39 is 0 Å². The van der Waals surface area contributed by atoms with E-state index >= 15 is 0 Å². The highest BCUT2D eigenvalue weighted by molar-refractivity contribution is 9.08. The molecule has 0 atom stereocenters. The largest absolute Gasteiger partial charge is 0.493 e. The number of oxazole rings is 1. The summed E-state index contributed by atoms with van der Waals surface area (Å²) in [6.07, 6.45) is 0. The van der Waals surface area contributed by atoms with E-state index in [2.05, 4.69) is 20.9 Å². The molecule has 1 aromatic heterocycles. The molecule has 0 fully saturated rings. The molecule has 1 heterocycles. The maximum absolute atomic E-state index is 5.85. The Hall–Kier alpha value is -2.21. The van der Waals surface area contributed by atoms with Gasteiger partial charge < -0.3 is 18.6 Å². The van der Waals surface area contributed by atoms with Gasteiger partial charge in [-0.25, -0.2) is 4.98 Å². The van der Waals surface area contributed by atoms with Crippen LogP contribution in [0.2, 0.25) is 0 Å². The molecule has 0 saturated heterocycles. The molecule has 23 heavy (non-hydrogen) atoms. The van der Waals surface area contributed by atoms with Crippen molar-refractivity contribution in [3.63, 3.8) is 0 Å². The zero-order valence-electron chi connectivity index (χ0n) is 13.1. The minimum absolute atomic E-state index is 0.506. The molecule has 2 aromatic carbocycles. The van der Waals surface area contributed by atoms with Crippen molar-refractivity contribution in [2.45, 2.75) is 5.33 Å². The van der Waals surface area contributed by atoms with Crippen molar-refractivity contribution < 1.29 is 18.6 Å². The van der Waals surface area contributed by atoms with E-state index in [1.54, 1.807) is 21.3 Å². The summed E-state index contributed by atoms with van der Waals surface area (Å²) < 4.78 is 21.9. The number of fused-ring (bicyclic) bond motifs is 1. The second kappa shape index (κ2) is 6.50. The molecule has 6 heteroatoms. The van der Waals surface area contributed by atoms with Gasteiger partial charge in [0.1, 0.15) is 5.52 Å². The SMILES string of the molecule is COc1cc(-c2nc3cc(CBr)ccc3o2)cc(OC)c1OC. The number of ether oxygens (including phenoxy) is 3. The molecule has 3 rings (SSSR count). The van der Waals surface area contributed by atoms with Crippen molar-refractivity contribution in [3.8, 4) is 28.7 Å². The number of methoxy groups -OCH3 is 3. The molecular weight excluding hydrogens is 362 g/mol. The number of hydrogen-bond acceptors (Lipinski definition) is 5. The third kappa shape index (κ3) is 2.86. The summed E-state index contributed by atoms with van der Waals surface area (Å²) in [6.45, 7) is 0. The standard InChI is InChI=1S/C17H16BrNO4/c1-20-14-7-11(8-15(21-2)16(14)22-3)17-19-12-6-10(9-18)4-5-13(12)23-17/h4-8H,9H2,1-3H3. The molecule has 5 nitrogen and oxygen atoms in total. The van der Waals surface area contributed by atoms with Gasteiger partial charge >= 0.3 is 0 Å². The second-order valence-electron chi connectivity index (χ2n) is 4.87. The van der Waals surface area contributed by atoms with Gasteiger partial charge in [-0.2, -0.15) is 0 Å². The van der Waals surface area contributed by atoms with Crippen LogP contribution in [0.3, 0.4) is 0 Å². The fourth-order valence-corrected chi connectivity index (χ4v) is 2.73. The molecule has 120 valence electrons. The molecule has 0 spiro atoms. The highest BCUT2D eigenvalue weighted by Gasteiger charge is 2.17. The average Bonchev–Trinajstić information content (AvgIpc) is 3.03. The van der Waals surface area contributed by atoms with Crippen LogP contribution >= 0.6 is 15.9 Å². The highest BCUT2D eigenvalue weighted by Crippen LogP contribution is 2.41. The number of alkyl halides is 1. The Balaban J connectivity index is 2.14. The van der Waals surface area contributed by atoms with E-state index in [4.69, 9.17) is 18.6 Å². The Kier molecular flexibility index (Phi) is 4.43. The van der Waals surface area contributed by atoms with Gasteiger partial charge in [-0.15, -0.1) is 0 Å². The second-order valence-corrected chi connectivity index (χ2v) is 5.43. The molecular formula is C17H16BrNO4. The third-order valence-corrected chi connectivity index (χ3v) is 4.17. The first kappa shape index (κ1) is 15.7. The van der Waals surface area contributed by atoms with Gasteiger partial charge in [-0.1, -0.05) is 22.0 Å². The summed E-state index contributed by atoms with van der Waals surface area (Å²) in [5, 5.41) is 0.773. The van der Waals surface area contributed by atoms with Crippen LogP contribution in [0, 0.1) is 0 Å². The molecule has 0 radical (unpaired) electrons. The molecule has 0 amide bonds. The number of aromatic nitrogens is 1. The van der Waals surface area contributed by atoms with Crippen LogP contribution in [0.25, 0.3) is 22.6 Å². The summed E-state index contributed by atoms with van der Waals surface area (Å²) in [4.78, 5) is 4.56. The van der Waals surface area contributed by atoms with Crippen LogP contribution < -0.4 is 14.2 Å². The molecule has 0 aliphatic rings. The predicted molar refractivity (Wildman–Crippen MR) is 91.7 cm³/mol. The van der Waals surface area contributed by atoms with Crippen LogP contribution in [0.15, 0.2) is 34.7 Å². The van der Waals surface area contributed by atoms with Crippen LogP contribution in [-0.2, 0) is 5.33 Å². The lowest BCUT2D eigenvalue weighted by Crippen LogP contribution is -1.95. The van der Waals surface area contributed by atoms with Crippen molar-refractivity contribution in [2.24, 2.45) is 0 Å². The molecule has 0 N–H and O–H groups in total. The van der Waals surface area contributed by atoms with Crippen molar-refractivity contribution in [2.75, 3.05) is 21.3 Å². The quantitative estimate of drug-likeness (QED) is 0.616. The summed E-state index contributed by atoms with van der Waals surface area (Å²) in [7, 11) is 4.73. The number of hydrogen-bond donors (Lipinski definition) is 0. The summed E-state index contributed by atoms with van der Waals surface area (Å²) >= 11 is 3.44. The summed E-state index contributed by atoms with van der Waals surface area (Å²) in [6, 6.07) is 9.55. The van der Waals surface area contributed by atoms with Gasteiger partial charge in [0.15, 0.2) is 17.1 Å². The fraction of sp³-hybridized carbons (Fsp3) is 0.235. The zero-order chi connectivity index (χ0) is 16.4. The summed E-state index contributed by atoms with van der Waals surface area (Å²) in [5.41, 5.74) is 3.45. The van der Waals surface area contributed by atoms with Crippen LogP contribution in [0.1, 0.15) is 5.56 Å². The average molecular weight is 378 g/mol. The van der Waals surface area contributed by atoms with Gasteiger partial charge in [0, 0.05) is 10.9 Å². The monoisotopic (exact) mass is 377 g/mol. The number of benzene rings is 2. The van der Waals surface area contributed by atoms with Crippen LogP contribution in [-0.4, -0.2) is 26.3 Å². The maximum atomic E-state index is 5.85. The van der Waals surface area contributed by atoms with Crippen LogP contribution in [0.4, 0.5) is 0 Å². The number of nitrogens with zero attached hydrogens (tertiary/aromatic N) is 1.